The number of ether oxygens (including phenoxy) is 1. The van der Waals surface area contributed by atoms with Crippen LogP contribution in [-0.2, 0) is 16.6 Å². The van der Waals surface area contributed by atoms with Crippen LogP contribution in [0.5, 0.6) is 0 Å². The first-order chi connectivity index (χ1) is 8.76. The van der Waals surface area contributed by atoms with Gasteiger partial charge in [0, 0.05) is 23.7 Å². The third-order valence-corrected chi connectivity index (χ3v) is 3.54. The minimum absolute atomic E-state index is 0.638. The van der Waals surface area contributed by atoms with Crippen molar-refractivity contribution in [2.75, 3.05) is 13.7 Å². The second kappa shape index (κ2) is 6.45. The smallest absolute Gasteiger partial charge is 0.164 e. The largest absolute Gasteiger partial charge is 0.383 e. The van der Waals surface area contributed by atoms with E-state index in [2.05, 4.69) is 46.6 Å². The quantitative estimate of drug-likeness (QED) is 0.754. The molecule has 0 amide bonds. The normalized spacial score (nSPS) is 10.8. The Balaban J connectivity index is 2.40. The molecule has 0 saturated carbocycles. The van der Waals surface area contributed by atoms with Crippen molar-refractivity contribution in [3.05, 3.63) is 34.6 Å². The van der Waals surface area contributed by atoms with Gasteiger partial charge in [-0.2, -0.15) is 0 Å². The first-order valence-electron chi connectivity index (χ1n) is 5.49. The van der Waals surface area contributed by atoms with Gasteiger partial charge in [0.1, 0.15) is 5.82 Å². The Kier molecular flexibility index (Phi) is 4.91. The summed E-state index contributed by atoms with van der Waals surface area (Å²) in [5.41, 5.74) is 1.04. The van der Waals surface area contributed by atoms with Crippen molar-refractivity contribution in [3.63, 3.8) is 0 Å². The number of nitrogens with zero attached hydrogens (tertiary/aromatic N) is 3. The molecule has 0 aliphatic rings. The number of hydrogen-bond donors (Lipinski definition) is 0. The van der Waals surface area contributed by atoms with E-state index in [4.69, 9.17) is 4.74 Å². The molecule has 0 bridgehead atoms. The summed E-state index contributed by atoms with van der Waals surface area (Å²) in [5.74, 6) is 1.77. The average molecular weight is 375 g/mol. The van der Waals surface area contributed by atoms with Crippen LogP contribution < -0.4 is 0 Å². The molecule has 0 saturated heterocycles. The maximum Gasteiger partial charge on any atom is 0.164 e. The number of hydrogen-bond acceptors (Lipinski definition) is 3. The summed E-state index contributed by atoms with van der Waals surface area (Å²) in [6.07, 6.45) is 0. The van der Waals surface area contributed by atoms with Crippen LogP contribution in [0.15, 0.2) is 28.7 Å². The Morgan fingerprint density at radius 3 is 2.83 bits per heavy atom. The third-order valence-electron chi connectivity index (χ3n) is 2.55. The van der Waals surface area contributed by atoms with E-state index in [0.29, 0.717) is 11.9 Å². The van der Waals surface area contributed by atoms with E-state index in [0.717, 1.165) is 28.2 Å². The molecular weight excluding hydrogens is 362 g/mol. The Bertz CT molecular complexity index is 528. The van der Waals surface area contributed by atoms with Gasteiger partial charge in [0.15, 0.2) is 5.82 Å². The average Bonchev–Trinajstić information content (AvgIpc) is 2.79. The zero-order valence-electron chi connectivity index (χ0n) is 9.94. The van der Waals surface area contributed by atoms with Gasteiger partial charge in [0.2, 0.25) is 0 Å². The van der Waals surface area contributed by atoms with Gasteiger partial charge in [-0.3, -0.25) is 0 Å². The lowest BCUT2D eigenvalue weighted by Gasteiger charge is -2.08. The summed E-state index contributed by atoms with van der Waals surface area (Å²) >= 11 is 6.90. The monoisotopic (exact) mass is 373 g/mol. The second-order valence-electron chi connectivity index (χ2n) is 3.73. The molecule has 96 valence electrons. The van der Waals surface area contributed by atoms with E-state index >= 15 is 0 Å². The van der Waals surface area contributed by atoms with Crippen molar-refractivity contribution < 1.29 is 4.74 Å². The van der Waals surface area contributed by atoms with Crippen LogP contribution in [0.4, 0.5) is 0 Å². The molecule has 1 aromatic heterocycles. The Morgan fingerprint density at radius 1 is 1.33 bits per heavy atom. The predicted molar refractivity (Wildman–Crippen MR) is 77.7 cm³/mol. The SMILES string of the molecule is COCCn1c(CBr)nnc1-c1cccc(Br)c1. The van der Waals surface area contributed by atoms with Crippen LogP contribution in [0.2, 0.25) is 0 Å². The number of halogens is 2. The van der Waals surface area contributed by atoms with Gasteiger partial charge in [0.05, 0.1) is 11.9 Å². The fraction of sp³-hybridized carbons (Fsp3) is 0.333. The highest BCUT2D eigenvalue weighted by molar-refractivity contribution is 9.10. The van der Waals surface area contributed by atoms with Gasteiger partial charge in [-0.1, -0.05) is 44.0 Å². The van der Waals surface area contributed by atoms with Crippen molar-refractivity contribution in [1.82, 2.24) is 14.8 Å². The van der Waals surface area contributed by atoms with Gasteiger partial charge >= 0.3 is 0 Å². The number of alkyl halides is 1. The fourth-order valence-electron chi connectivity index (χ4n) is 1.69. The van der Waals surface area contributed by atoms with Crippen molar-refractivity contribution >= 4 is 31.9 Å². The Hall–Kier alpha value is -0.720. The van der Waals surface area contributed by atoms with Crippen LogP contribution in [0.25, 0.3) is 11.4 Å². The number of benzene rings is 1. The fourth-order valence-corrected chi connectivity index (χ4v) is 2.51. The van der Waals surface area contributed by atoms with Gasteiger partial charge in [0.25, 0.3) is 0 Å². The lowest BCUT2D eigenvalue weighted by atomic mass is 10.2. The predicted octanol–water partition coefficient (Wildman–Crippen LogP) is 3.25. The summed E-state index contributed by atoms with van der Waals surface area (Å²) in [7, 11) is 1.69. The van der Waals surface area contributed by atoms with Crippen LogP contribution in [-0.4, -0.2) is 28.5 Å². The molecule has 2 aromatic rings. The standard InChI is InChI=1S/C12H13Br2N3O/c1-18-6-5-17-11(8-13)15-16-12(17)9-3-2-4-10(14)7-9/h2-4,7H,5-6,8H2,1H3. The van der Waals surface area contributed by atoms with E-state index in [1.165, 1.54) is 0 Å². The highest BCUT2D eigenvalue weighted by atomic mass is 79.9. The van der Waals surface area contributed by atoms with Crippen LogP contribution in [0, 0.1) is 0 Å². The van der Waals surface area contributed by atoms with E-state index < -0.39 is 0 Å². The number of aromatic nitrogens is 3. The van der Waals surface area contributed by atoms with Crippen LogP contribution >= 0.6 is 31.9 Å². The molecule has 18 heavy (non-hydrogen) atoms. The maximum atomic E-state index is 5.13. The van der Waals surface area contributed by atoms with Gasteiger partial charge in [-0.25, -0.2) is 0 Å². The summed E-state index contributed by atoms with van der Waals surface area (Å²) in [5, 5.41) is 9.12. The molecule has 0 aliphatic heterocycles. The van der Waals surface area contributed by atoms with E-state index in [9.17, 15) is 0 Å². The van der Waals surface area contributed by atoms with E-state index in [-0.39, 0.29) is 0 Å². The topological polar surface area (TPSA) is 39.9 Å². The van der Waals surface area contributed by atoms with E-state index in [1.54, 1.807) is 7.11 Å². The van der Waals surface area contributed by atoms with Crippen molar-refractivity contribution in [2.24, 2.45) is 0 Å². The first kappa shape index (κ1) is 13.7. The summed E-state index contributed by atoms with van der Waals surface area (Å²) in [6, 6.07) is 8.04. The molecule has 1 heterocycles. The van der Waals surface area contributed by atoms with Crippen LogP contribution in [0.3, 0.4) is 0 Å². The summed E-state index contributed by atoms with van der Waals surface area (Å²) in [6.45, 7) is 1.38. The maximum absolute atomic E-state index is 5.13. The molecule has 6 heteroatoms. The lowest BCUT2D eigenvalue weighted by molar-refractivity contribution is 0.187. The van der Waals surface area contributed by atoms with Gasteiger partial charge in [-0.15, -0.1) is 10.2 Å². The molecule has 0 unspecified atom stereocenters. The molecule has 0 atom stereocenters. The molecule has 0 radical (unpaired) electrons. The molecule has 0 N–H and O–H groups in total. The van der Waals surface area contributed by atoms with Gasteiger partial charge < -0.3 is 9.30 Å². The zero-order valence-corrected chi connectivity index (χ0v) is 13.1. The Labute approximate surface area is 123 Å². The first-order valence-corrected chi connectivity index (χ1v) is 7.40. The minimum Gasteiger partial charge on any atom is -0.383 e. The van der Waals surface area contributed by atoms with Crippen LogP contribution in [0.1, 0.15) is 5.82 Å². The lowest BCUT2D eigenvalue weighted by Crippen LogP contribution is -2.09. The molecule has 0 fully saturated rings. The molecule has 0 aliphatic carbocycles. The number of rotatable bonds is 5. The Morgan fingerprint density at radius 2 is 2.17 bits per heavy atom. The highest BCUT2D eigenvalue weighted by Crippen LogP contribution is 2.22. The number of methoxy groups -OCH3 is 1. The molecule has 4 nitrogen and oxygen atoms in total. The second-order valence-corrected chi connectivity index (χ2v) is 5.20. The third kappa shape index (κ3) is 2.99. The van der Waals surface area contributed by atoms with E-state index in [1.807, 2.05) is 24.3 Å². The summed E-state index contributed by atoms with van der Waals surface area (Å²) in [4.78, 5) is 0. The molecular formula is C12H13Br2N3O. The van der Waals surface area contributed by atoms with Gasteiger partial charge in [-0.05, 0) is 12.1 Å². The molecule has 0 spiro atoms. The molecule has 1 aromatic carbocycles. The minimum atomic E-state index is 0.638. The van der Waals surface area contributed by atoms with Crippen molar-refractivity contribution in [2.45, 2.75) is 11.9 Å². The molecule has 2 rings (SSSR count). The highest BCUT2D eigenvalue weighted by Gasteiger charge is 2.12. The summed E-state index contributed by atoms with van der Waals surface area (Å²) < 4.78 is 8.23. The van der Waals surface area contributed by atoms with Crippen molar-refractivity contribution in [1.29, 1.82) is 0 Å². The van der Waals surface area contributed by atoms with Crippen molar-refractivity contribution in [3.8, 4) is 11.4 Å². The zero-order chi connectivity index (χ0) is 13.0.